The molecule has 0 spiro atoms. The number of halogens is 1. The molecule has 4 nitrogen and oxygen atoms in total. The van der Waals surface area contributed by atoms with Crippen molar-refractivity contribution in [2.75, 3.05) is 32.1 Å². The van der Waals surface area contributed by atoms with E-state index >= 15 is 0 Å². The Morgan fingerprint density at radius 3 is 2.65 bits per heavy atom. The van der Waals surface area contributed by atoms with E-state index in [0.717, 1.165) is 32.9 Å². The SMILES string of the molecule is Cc1cc(NC(=O)C[NH+](C)CCOc2ccccc2)ccc1Br. The van der Waals surface area contributed by atoms with E-state index in [2.05, 4.69) is 21.2 Å². The van der Waals surface area contributed by atoms with Gasteiger partial charge in [-0.25, -0.2) is 0 Å². The summed E-state index contributed by atoms with van der Waals surface area (Å²) in [4.78, 5) is 13.2. The number of para-hydroxylation sites is 1. The fraction of sp³-hybridized carbons (Fsp3) is 0.278. The summed E-state index contributed by atoms with van der Waals surface area (Å²) < 4.78 is 6.69. The van der Waals surface area contributed by atoms with Crippen molar-refractivity contribution in [3.05, 3.63) is 58.6 Å². The third-order valence-corrected chi connectivity index (χ3v) is 4.33. The summed E-state index contributed by atoms with van der Waals surface area (Å²) in [5, 5.41) is 2.93. The van der Waals surface area contributed by atoms with E-state index < -0.39 is 0 Å². The molecular weight excluding hydrogens is 356 g/mol. The van der Waals surface area contributed by atoms with Crippen molar-refractivity contribution in [1.29, 1.82) is 0 Å². The first kappa shape index (κ1) is 17.5. The number of anilines is 1. The highest BCUT2D eigenvalue weighted by molar-refractivity contribution is 9.10. The highest BCUT2D eigenvalue weighted by Crippen LogP contribution is 2.19. The zero-order valence-corrected chi connectivity index (χ0v) is 15.0. The molecule has 2 N–H and O–H groups in total. The second-order valence-electron chi connectivity index (χ2n) is 5.56. The van der Waals surface area contributed by atoms with Crippen LogP contribution >= 0.6 is 15.9 Å². The summed E-state index contributed by atoms with van der Waals surface area (Å²) in [6.45, 7) is 3.76. The van der Waals surface area contributed by atoms with Crippen LogP contribution in [0.3, 0.4) is 0 Å². The van der Waals surface area contributed by atoms with E-state index in [0.29, 0.717) is 13.2 Å². The van der Waals surface area contributed by atoms with E-state index in [1.54, 1.807) is 0 Å². The number of carbonyl (C=O) groups excluding carboxylic acids is 1. The van der Waals surface area contributed by atoms with E-state index in [9.17, 15) is 4.79 Å². The van der Waals surface area contributed by atoms with Crippen LogP contribution in [0.25, 0.3) is 0 Å². The molecule has 1 unspecified atom stereocenters. The van der Waals surface area contributed by atoms with E-state index in [1.807, 2.05) is 62.5 Å². The summed E-state index contributed by atoms with van der Waals surface area (Å²) in [7, 11) is 1.99. The third kappa shape index (κ3) is 6.04. The van der Waals surface area contributed by atoms with Crippen LogP contribution in [0.15, 0.2) is 53.0 Å². The molecule has 0 radical (unpaired) electrons. The molecule has 0 saturated heterocycles. The smallest absolute Gasteiger partial charge is 0.279 e. The van der Waals surface area contributed by atoms with Crippen LogP contribution in [0.4, 0.5) is 5.69 Å². The molecule has 23 heavy (non-hydrogen) atoms. The Labute approximate surface area is 145 Å². The average molecular weight is 378 g/mol. The van der Waals surface area contributed by atoms with Crippen LogP contribution in [0.1, 0.15) is 5.56 Å². The molecule has 0 heterocycles. The Morgan fingerprint density at radius 1 is 1.22 bits per heavy atom. The van der Waals surface area contributed by atoms with Crippen LogP contribution in [-0.2, 0) is 4.79 Å². The van der Waals surface area contributed by atoms with E-state index in [1.165, 1.54) is 0 Å². The van der Waals surface area contributed by atoms with Crippen LogP contribution in [0, 0.1) is 6.92 Å². The Kier molecular flexibility index (Phi) is 6.62. The van der Waals surface area contributed by atoms with Crippen LogP contribution in [-0.4, -0.2) is 32.7 Å². The maximum atomic E-state index is 12.1. The van der Waals surface area contributed by atoms with Gasteiger partial charge in [-0.2, -0.15) is 0 Å². The lowest BCUT2D eigenvalue weighted by Gasteiger charge is -2.14. The van der Waals surface area contributed by atoms with Crippen molar-refractivity contribution in [2.45, 2.75) is 6.92 Å². The largest absolute Gasteiger partial charge is 0.488 e. The highest BCUT2D eigenvalue weighted by atomic mass is 79.9. The quantitative estimate of drug-likeness (QED) is 0.777. The Balaban J connectivity index is 1.72. The van der Waals surface area contributed by atoms with Gasteiger partial charge in [0.05, 0.1) is 7.05 Å². The normalized spacial score (nSPS) is 11.8. The van der Waals surface area contributed by atoms with Crippen LogP contribution in [0.2, 0.25) is 0 Å². The molecule has 0 aliphatic carbocycles. The maximum absolute atomic E-state index is 12.1. The van der Waals surface area contributed by atoms with Crippen molar-refractivity contribution < 1.29 is 14.4 Å². The molecule has 2 rings (SSSR count). The van der Waals surface area contributed by atoms with Gasteiger partial charge in [-0.3, -0.25) is 4.79 Å². The van der Waals surface area contributed by atoms with Gasteiger partial charge in [0, 0.05) is 10.2 Å². The summed E-state index contributed by atoms with van der Waals surface area (Å²) in [6.07, 6.45) is 0. The number of rotatable bonds is 7. The standard InChI is InChI=1S/C18H21BrN2O2/c1-14-12-15(8-9-17(14)19)20-18(22)13-21(2)10-11-23-16-6-4-3-5-7-16/h3-9,12H,10-11,13H2,1-2H3,(H,20,22)/p+1. The first-order valence-electron chi connectivity index (χ1n) is 7.60. The fourth-order valence-electron chi connectivity index (χ4n) is 2.15. The summed E-state index contributed by atoms with van der Waals surface area (Å²) >= 11 is 3.45. The number of hydrogen-bond acceptors (Lipinski definition) is 2. The number of hydrogen-bond donors (Lipinski definition) is 2. The molecule has 0 bridgehead atoms. The topological polar surface area (TPSA) is 42.8 Å². The van der Waals surface area contributed by atoms with Gasteiger partial charge in [-0.15, -0.1) is 0 Å². The first-order valence-corrected chi connectivity index (χ1v) is 8.39. The highest BCUT2D eigenvalue weighted by Gasteiger charge is 2.10. The number of amides is 1. The molecule has 122 valence electrons. The lowest BCUT2D eigenvalue weighted by atomic mass is 10.2. The molecule has 2 aromatic rings. The number of likely N-dealkylation sites (N-methyl/N-ethyl adjacent to an activating group) is 1. The van der Waals surface area contributed by atoms with Gasteiger partial charge >= 0.3 is 0 Å². The lowest BCUT2D eigenvalue weighted by Crippen LogP contribution is -3.10. The molecule has 5 heteroatoms. The van der Waals surface area contributed by atoms with Gasteiger partial charge in [0.2, 0.25) is 0 Å². The predicted octanol–water partition coefficient (Wildman–Crippen LogP) is 2.29. The Bertz CT molecular complexity index is 647. The number of benzene rings is 2. The predicted molar refractivity (Wildman–Crippen MR) is 96.1 cm³/mol. The minimum absolute atomic E-state index is 0.00364. The van der Waals surface area contributed by atoms with Crippen molar-refractivity contribution >= 4 is 27.5 Å². The van der Waals surface area contributed by atoms with Gasteiger partial charge in [0.1, 0.15) is 18.9 Å². The lowest BCUT2D eigenvalue weighted by molar-refractivity contribution is -0.871. The van der Waals surface area contributed by atoms with Gasteiger partial charge < -0.3 is 15.0 Å². The molecule has 1 atom stereocenters. The summed E-state index contributed by atoms with van der Waals surface area (Å²) in [5.41, 5.74) is 1.92. The van der Waals surface area contributed by atoms with Crippen molar-refractivity contribution in [3.63, 3.8) is 0 Å². The number of nitrogens with one attached hydrogen (secondary N) is 2. The number of quaternary nitrogens is 1. The number of carbonyl (C=O) groups is 1. The zero-order valence-electron chi connectivity index (χ0n) is 13.4. The molecular formula is C18H22BrN2O2+. The third-order valence-electron chi connectivity index (χ3n) is 3.44. The van der Waals surface area contributed by atoms with Gasteiger partial charge in [0.15, 0.2) is 6.54 Å². The number of ether oxygens (including phenoxy) is 1. The zero-order chi connectivity index (χ0) is 16.7. The van der Waals surface area contributed by atoms with E-state index in [4.69, 9.17) is 4.74 Å². The average Bonchev–Trinajstić information content (AvgIpc) is 2.52. The minimum Gasteiger partial charge on any atom is -0.488 e. The van der Waals surface area contributed by atoms with E-state index in [-0.39, 0.29) is 5.91 Å². The van der Waals surface area contributed by atoms with Gasteiger partial charge in [-0.05, 0) is 42.8 Å². The molecule has 0 fully saturated rings. The summed E-state index contributed by atoms with van der Waals surface area (Å²) in [6, 6.07) is 15.5. The second-order valence-corrected chi connectivity index (χ2v) is 6.41. The summed E-state index contributed by atoms with van der Waals surface area (Å²) in [5.74, 6) is 0.860. The monoisotopic (exact) mass is 377 g/mol. The molecule has 2 aromatic carbocycles. The Hall–Kier alpha value is -1.85. The molecule has 0 aromatic heterocycles. The molecule has 0 aliphatic heterocycles. The molecule has 1 amide bonds. The minimum atomic E-state index is 0.00364. The van der Waals surface area contributed by atoms with Crippen LogP contribution in [0.5, 0.6) is 5.75 Å². The number of aryl methyl sites for hydroxylation is 1. The van der Waals surface area contributed by atoms with Gasteiger partial charge in [-0.1, -0.05) is 34.1 Å². The second kappa shape index (κ2) is 8.70. The van der Waals surface area contributed by atoms with Crippen molar-refractivity contribution in [1.82, 2.24) is 0 Å². The first-order chi connectivity index (χ1) is 11.0. The van der Waals surface area contributed by atoms with Crippen molar-refractivity contribution in [2.24, 2.45) is 0 Å². The Morgan fingerprint density at radius 2 is 1.96 bits per heavy atom. The molecule has 0 saturated carbocycles. The molecule has 0 aliphatic rings. The fourth-order valence-corrected chi connectivity index (χ4v) is 2.40. The van der Waals surface area contributed by atoms with Crippen LogP contribution < -0.4 is 15.0 Å². The maximum Gasteiger partial charge on any atom is 0.279 e. The van der Waals surface area contributed by atoms with Crippen molar-refractivity contribution in [3.8, 4) is 5.75 Å². The van der Waals surface area contributed by atoms with Gasteiger partial charge in [0.25, 0.3) is 5.91 Å².